The van der Waals surface area contributed by atoms with Gasteiger partial charge in [-0.05, 0) is 61.0 Å². The lowest BCUT2D eigenvalue weighted by atomic mass is 9.77. The van der Waals surface area contributed by atoms with Crippen molar-refractivity contribution >= 4 is 44.7 Å². The number of piperazine rings is 1. The van der Waals surface area contributed by atoms with Crippen molar-refractivity contribution in [2.45, 2.75) is 187 Å². The second-order valence-electron chi connectivity index (χ2n) is 18.5. The van der Waals surface area contributed by atoms with Crippen LogP contribution in [0.15, 0.2) is 47.8 Å². The Kier molecular flexibility index (Phi) is 21.6. The number of fused-ring (bicyclic) bond motifs is 2. The van der Waals surface area contributed by atoms with E-state index in [2.05, 4.69) is 66.3 Å². The zero-order chi connectivity index (χ0) is 42.3. The summed E-state index contributed by atoms with van der Waals surface area (Å²) in [5.74, 6) is 0.519. The second-order valence-corrected chi connectivity index (χ2v) is 19.5. The molecule has 8 heteroatoms. The first-order valence-corrected chi connectivity index (χ1v) is 25.4. The van der Waals surface area contributed by atoms with Gasteiger partial charge in [-0.3, -0.25) is 19.4 Å². The molecule has 0 spiro atoms. The third kappa shape index (κ3) is 16.3. The standard InChI is InChI=1S/C52H81N3O4S/c1-4-5-6-7-8-9-10-11-12-13-14-15-16-17-18-19-20-21-22-23-24-30-51(57)59-43-55-48-41-44(31-32-46(48)52(2,3)42-50(55)56)58-39-26-25-34-53-35-37-54(38-36-53)47-28-27-29-49-45(47)33-40-60-49/h27-29,31-33,40-41H,4-26,30,34-39,42-43H2,1-3H3. The summed E-state index contributed by atoms with van der Waals surface area (Å²) in [6.07, 6.45) is 31.0. The van der Waals surface area contributed by atoms with Gasteiger partial charge in [-0.2, -0.15) is 0 Å². The summed E-state index contributed by atoms with van der Waals surface area (Å²) in [5.41, 5.74) is 2.96. The average Bonchev–Trinajstić information content (AvgIpc) is 3.74. The summed E-state index contributed by atoms with van der Waals surface area (Å²) in [7, 11) is 0. The quantitative estimate of drug-likeness (QED) is 0.0475. The number of hydrogen-bond acceptors (Lipinski definition) is 7. The Morgan fingerprint density at radius 1 is 0.683 bits per heavy atom. The maximum Gasteiger partial charge on any atom is 0.307 e. The van der Waals surface area contributed by atoms with Gasteiger partial charge in [-0.15, -0.1) is 11.3 Å². The van der Waals surface area contributed by atoms with Gasteiger partial charge in [0.2, 0.25) is 5.91 Å². The Morgan fingerprint density at radius 2 is 1.28 bits per heavy atom. The number of thiophene rings is 1. The Balaban J connectivity index is 0.880. The third-order valence-corrected chi connectivity index (χ3v) is 13.9. The van der Waals surface area contributed by atoms with Crippen molar-refractivity contribution < 1.29 is 19.1 Å². The van der Waals surface area contributed by atoms with Crippen molar-refractivity contribution in [2.75, 3.05) is 55.9 Å². The number of carbonyl (C=O) groups excluding carboxylic acids is 2. The molecule has 0 saturated carbocycles. The molecule has 2 aromatic carbocycles. The van der Waals surface area contributed by atoms with Gasteiger partial charge in [0.15, 0.2) is 6.73 Å². The summed E-state index contributed by atoms with van der Waals surface area (Å²) in [6.45, 7) is 12.4. The van der Waals surface area contributed by atoms with E-state index < -0.39 is 0 Å². The van der Waals surface area contributed by atoms with Gasteiger partial charge in [0, 0.05) is 66.3 Å². The zero-order valence-corrected chi connectivity index (χ0v) is 38.9. The lowest BCUT2D eigenvalue weighted by Crippen LogP contribution is -2.46. The molecule has 1 fully saturated rings. The molecule has 334 valence electrons. The van der Waals surface area contributed by atoms with Crippen LogP contribution in [0, 0.1) is 0 Å². The van der Waals surface area contributed by atoms with E-state index in [0.717, 1.165) is 75.4 Å². The van der Waals surface area contributed by atoms with Crippen molar-refractivity contribution in [3.63, 3.8) is 0 Å². The van der Waals surface area contributed by atoms with Gasteiger partial charge in [0.25, 0.3) is 0 Å². The highest BCUT2D eigenvalue weighted by Gasteiger charge is 2.37. The Hall–Kier alpha value is -3.10. The van der Waals surface area contributed by atoms with Crippen LogP contribution in [0.3, 0.4) is 0 Å². The van der Waals surface area contributed by atoms with Gasteiger partial charge >= 0.3 is 5.97 Å². The highest BCUT2D eigenvalue weighted by molar-refractivity contribution is 7.17. The predicted molar refractivity (Wildman–Crippen MR) is 255 cm³/mol. The van der Waals surface area contributed by atoms with Crippen LogP contribution in [-0.2, 0) is 19.7 Å². The molecule has 0 radical (unpaired) electrons. The van der Waals surface area contributed by atoms with Crippen molar-refractivity contribution in [3.05, 3.63) is 53.4 Å². The molecule has 1 saturated heterocycles. The first-order valence-electron chi connectivity index (χ1n) is 24.5. The minimum atomic E-state index is -0.294. The molecule has 2 aliphatic rings. The van der Waals surface area contributed by atoms with Gasteiger partial charge < -0.3 is 14.4 Å². The van der Waals surface area contributed by atoms with Gasteiger partial charge in [0.1, 0.15) is 5.75 Å². The van der Waals surface area contributed by atoms with Crippen LogP contribution in [0.5, 0.6) is 5.75 Å². The summed E-state index contributed by atoms with van der Waals surface area (Å²) in [4.78, 5) is 32.8. The number of benzene rings is 2. The van der Waals surface area contributed by atoms with Crippen LogP contribution in [0.25, 0.3) is 10.1 Å². The lowest BCUT2D eigenvalue weighted by Gasteiger charge is -2.38. The number of unbranched alkanes of at least 4 members (excludes halogenated alkanes) is 21. The molecule has 3 aromatic rings. The maximum atomic E-state index is 13.3. The molecular weight excluding hydrogens is 763 g/mol. The summed E-state index contributed by atoms with van der Waals surface area (Å²) >= 11 is 1.81. The summed E-state index contributed by atoms with van der Waals surface area (Å²) in [5, 5.41) is 3.56. The zero-order valence-electron chi connectivity index (χ0n) is 38.1. The summed E-state index contributed by atoms with van der Waals surface area (Å²) < 4.78 is 13.3. The van der Waals surface area contributed by atoms with Crippen molar-refractivity contribution in [1.82, 2.24) is 4.90 Å². The predicted octanol–water partition coefficient (Wildman–Crippen LogP) is 14.0. The van der Waals surface area contributed by atoms with Crippen molar-refractivity contribution in [2.24, 2.45) is 0 Å². The minimum absolute atomic E-state index is 0.0152. The highest BCUT2D eigenvalue weighted by atomic mass is 32.1. The van der Waals surface area contributed by atoms with E-state index in [1.165, 1.54) is 138 Å². The van der Waals surface area contributed by atoms with Crippen LogP contribution in [-0.4, -0.2) is 62.8 Å². The molecule has 1 aromatic heterocycles. The third-order valence-electron chi connectivity index (χ3n) is 13.0. The van der Waals surface area contributed by atoms with Gasteiger partial charge in [-0.1, -0.05) is 161 Å². The molecule has 0 bridgehead atoms. The molecule has 3 heterocycles. The smallest absolute Gasteiger partial charge is 0.307 e. The number of rotatable bonds is 31. The van der Waals surface area contributed by atoms with E-state index in [1.54, 1.807) is 4.90 Å². The second kappa shape index (κ2) is 27.1. The SMILES string of the molecule is CCCCCCCCCCCCCCCCCCCCCCCC(=O)OCN1C(=O)CC(C)(C)c2ccc(OCCCCN3CCN(c4cccc5sccc45)CC3)cc21. The molecular formula is C52H81N3O4S. The minimum Gasteiger partial charge on any atom is -0.494 e. The molecule has 7 nitrogen and oxygen atoms in total. The van der Waals surface area contributed by atoms with Crippen LogP contribution in [0.1, 0.15) is 187 Å². The van der Waals surface area contributed by atoms with Crippen molar-refractivity contribution in [1.29, 1.82) is 0 Å². The number of anilines is 2. The number of ether oxygens (including phenoxy) is 2. The highest BCUT2D eigenvalue weighted by Crippen LogP contribution is 2.42. The Morgan fingerprint density at radius 3 is 1.90 bits per heavy atom. The number of hydrogen-bond donors (Lipinski definition) is 0. The topological polar surface area (TPSA) is 62.3 Å². The van der Waals surface area contributed by atoms with Gasteiger partial charge in [0.05, 0.1) is 12.3 Å². The van der Waals surface area contributed by atoms with Crippen molar-refractivity contribution in [3.8, 4) is 5.75 Å². The fraction of sp³-hybridized carbons (Fsp3) is 0.692. The first kappa shape index (κ1) is 47.9. The Bertz CT molecular complexity index is 1660. The van der Waals surface area contributed by atoms with Gasteiger partial charge in [-0.25, -0.2) is 0 Å². The fourth-order valence-corrected chi connectivity index (χ4v) is 10.1. The van der Waals surface area contributed by atoms with E-state index in [0.29, 0.717) is 19.4 Å². The molecule has 0 aliphatic carbocycles. The molecule has 5 rings (SSSR count). The number of nitrogens with zero attached hydrogens (tertiary/aromatic N) is 3. The van der Waals surface area contributed by atoms with Crippen LogP contribution in [0.4, 0.5) is 11.4 Å². The number of carbonyl (C=O) groups is 2. The van der Waals surface area contributed by atoms with Crippen LogP contribution in [0.2, 0.25) is 0 Å². The normalized spacial score (nSPS) is 15.5. The van der Waals surface area contributed by atoms with E-state index in [9.17, 15) is 9.59 Å². The monoisotopic (exact) mass is 844 g/mol. The summed E-state index contributed by atoms with van der Waals surface area (Å²) in [6, 6.07) is 15.0. The molecule has 60 heavy (non-hydrogen) atoms. The first-order chi connectivity index (χ1) is 29.4. The fourth-order valence-electron chi connectivity index (χ4n) is 9.25. The van der Waals surface area contributed by atoms with Crippen LogP contribution >= 0.6 is 11.3 Å². The maximum absolute atomic E-state index is 13.3. The van der Waals surface area contributed by atoms with Crippen LogP contribution < -0.4 is 14.5 Å². The lowest BCUT2D eigenvalue weighted by molar-refractivity contribution is -0.144. The number of esters is 1. The average molecular weight is 844 g/mol. The molecule has 1 amide bonds. The molecule has 2 aliphatic heterocycles. The molecule has 0 atom stereocenters. The number of amides is 1. The Labute approximate surface area is 368 Å². The van der Waals surface area contributed by atoms with E-state index >= 15 is 0 Å². The molecule has 0 N–H and O–H groups in total. The van der Waals surface area contributed by atoms with E-state index in [4.69, 9.17) is 9.47 Å². The van der Waals surface area contributed by atoms with E-state index in [-0.39, 0.29) is 24.0 Å². The van der Waals surface area contributed by atoms with E-state index in [1.807, 2.05) is 23.5 Å². The largest absolute Gasteiger partial charge is 0.494 e. The molecule has 0 unspecified atom stereocenters.